The minimum atomic E-state index is -0.247. The van der Waals surface area contributed by atoms with Gasteiger partial charge >= 0.3 is 0 Å². The molecule has 19 heavy (non-hydrogen) atoms. The molecular weight excluding hydrogens is 376 g/mol. The quantitative estimate of drug-likeness (QED) is 0.715. The zero-order valence-corrected chi connectivity index (χ0v) is 13.9. The summed E-state index contributed by atoms with van der Waals surface area (Å²) in [5.41, 5.74) is 1.09. The van der Waals surface area contributed by atoms with Crippen molar-refractivity contribution < 1.29 is 9.84 Å². The van der Waals surface area contributed by atoms with Crippen LogP contribution < -0.4 is 15.4 Å². The third-order valence-corrected chi connectivity index (χ3v) is 4.36. The first-order chi connectivity index (χ1) is 9.11. The molecule has 0 aliphatic carbocycles. The summed E-state index contributed by atoms with van der Waals surface area (Å²) in [4.78, 5) is 0. The lowest BCUT2D eigenvalue weighted by molar-refractivity contribution is 0.146. The van der Waals surface area contributed by atoms with Crippen molar-refractivity contribution in [3.05, 3.63) is 26.6 Å². The Balaban J connectivity index is 1.95. The number of β-amino-alcohol motifs (C(OH)–C–C–N with tert-alkyl or cyclic N) is 1. The van der Waals surface area contributed by atoms with Crippen LogP contribution in [0.25, 0.3) is 0 Å². The van der Waals surface area contributed by atoms with Crippen LogP contribution in [-0.4, -0.2) is 38.0 Å². The van der Waals surface area contributed by atoms with E-state index in [4.69, 9.17) is 4.74 Å². The molecule has 3 N–H and O–H groups in total. The van der Waals surface area contributed by atoms with Crippen LogP contribution in [0.2, 0.25) is 0 Å². The van der Waals surface area contributed by atoms with Crippen molar-refractivity contribution in [3.8, 4) is 5.75 Å². The van der Waals surface area contributed by atoms with Gasteiger partial charge in [-0.1, -0.05) is 15.9 Å². The van der Waals surface area contributed by atoms with E-state index in [2.05, 4.69) is 42.5 Å². The molecule has 0 radical (unpaired) electrons. The highest BCUT2D eigenvalue weighted by Gasteiger charge is 2.24. The monoisotopic (exact) mass is 392 g/mol. The molecule has 6 heteroatoms. The van der Waals surface area contributed by atoms with Gasteiger partial charge in [-0.25, -0.2) is 0 Å². The van der Waals surface area contributed by atoms with Crippen LogP contribution in [-0.2, 0) is 6.54 Å². The molecule has 1 aliphatic heterocycles. The Hall–Kier alpha value is -0.140. The van der Waals surface area contributed by atoms with Gasteiger partial charge in [0.05, 0.1) is 17.7 Å². The number of hydrogen-bond donors (Lipinski definition) is 3. The second-order valence-electron chi connectivity index (χ2n) is 4.70. The lowest BCUT2D eigenvalue weighted by atomic mass is 10.1. The largest absolute Gasteiger partial charge is 0.495 e. The van der Waals surface area contributed by atoms with Gasteiger partial charge in [-0.3, -0.25) is 0 Å². The minimum absolute atomic E-state index is 0.247. The first-order valence-electron chi connectivity index (χ1n) is 6.23. The summed E-state index contributed by atoms with van der Waals surface area (Å²) in [6.45, 7) is 3.07. The van der Waals surface area contributed by atoms with Gasteiger partial charge in [0.15, 0.2) is 0 Å². The smallest absolute Gasteiger partial charge is 0.137 e. The van der Waals surface area contributed by atoms with E-state index in [-0.39, 0.29) is 12.0 Å². The summed E-state index contributed by atoms with van der Waals surface area (Å²) in [7, 11) is 1.67. The standard InChI is InChI=1S/C13H18Br2N2O2/c1-19-13-8(2-10(14)3-11(13)15)4-16-5-9-6-17-7-12(9)18/h2-3,9,12,16-18H,4-7H2,1H3. The minimum Gasteiger partial charge on any atom is -0.495 e. The zero-order valence-electron chi connectivity index (χ0n) is 10.7. The van der Waals surface area contributed by atoms with Crippen molar-refractivity contribution in [2.24, 2.45) is 5.92 Å². The molecule has 0 aromatic heterocycles. The van der Waals surface area contributed by atoms with Crippen LogP contribution in [0.15, 0.2) is 21.1 Å². The predicted molar refractivity (Wildman–Crippen MR) is 82.5 cm³/mol. The molecule has 4 nitrogen and oxygen atoms in total. The molecule has 0 spiro atoms. The fraction of sp³-hybridized carbons (Fsp3) is 0.538. The average Bonchev–Trinajstić information content (AvgIpc) is 2.75. The molecule has 2 unspecified atom stereocenters. The SMILES string of the molecule is COc1c(Br)cc(Br)cc1CNCC1CNCC1O. The highest BCUT2D eigenvalue weighted by atomic mass is 79.9. The lowest BCUT2D eigenvalue weighted by Gasteiger charge is -2.16. The number of methoxy groups -OCH3 is 1. The second-order valence-corrected chi connectivity index (χ2v) is 6.47. The van der Waals surface area contributed by atoms with Crippen molar-refractivity contribution in [1.29, 1.82) is 0 Å². The molecular formula is C13H18Br2N2O2. The van der Waals surface area contributed by atoms with Gasteiger partial charge in [0.25, 0.3) is 0 Å². The van der Waals surface area contributed by atoms with Crippen LogP contribution >= 0.6 is 31.9 Å². The average molecular weight is 394 g/mol. The maximum atomic E-state index is 9.73. The van der Waals surface area contributed by atoms with Crippen molar-refractivity contribution >= 4 is 31.9 Å². The van der Waals surface area contributed by atoms with E-state index in [9.17, 15) is 5.11 Å². The fourth-order valence-corrected chi connectivity index (χ4v) is 3.77. The van der Waals surface area contributed by atoms with E-state index in [0.717, 1.165) is 33.3 Å². The summed E-state index contributed by atoms with van der Waals surface area (Å²) >= 11 is 6.97. The van der Waals surface area contributed by atoms with Gasteiger partial charge in [-0.2, -0.15) is 0 Å². The molecule has 0 bridgehead atoms. The molecule has 106 valence electrons. The Morgan fingerprint density at radius 1 is 1.42 bits per heavy atom. The summed E-state index contributed by atoms with van der Waals surface area (Å²) in [5, 5.41) is 16.3. The second kappa shape index (κ2) is 7.04. The van der Waals surface area contributed by atoms with Crippen molar-refractivity contribution in [3.63, 3.8) is 0 Å². The Kier molecular flexibility index (Phi) is 5.65. The molecule has 2 atom stereocenters. The number of aliphatic hydroxyl groups excluding tert-OH is 1. The zero-order chi connectivity index (χ0) is 13.8. The van der Waals surface area contributed by atoms with Crippen LogP contribution in [0.5, 0.6) is 5.75 Å². The molecule has 1 aliphatic rings. The summed E-state index contributed by atoms with van der Waals surface area (Å²) in [6.07, 6.45) is -0.247. The molecule has 1 saturated heterocycles. The molecule has 2 rings (SSSR count). The van der Waals surface area contributed by atoms with Crippen molar-refractivity contribution in [1.82, 2.24) is 10.6 Å². The van der Waals surface area contributed by atoms with Crippen molar-refractivity contribution in [2.45, 2.75) is 12.6 Å². The van der Waals surface area contributed by atoms with E-state index < -0.39 is 0 Å². The van der Waals surface area contributed by atoms with Crippen LogP contribution in [0.1, 0.15) is 5.56 Å². The first kappa shape index (κ1) is 15.3. The summed E-state index contributed by atoms with van der Waals surface area (Å²) in [5.74, 6) is 1.13. The van der Waals surface area contributed by atoms with E-state index in [0.29, 0.717) is 13.1 Å². The maximum absolute atomic E-state index is 9.73. The summed E-state index contributed by atoms with van der Waals surface area (Å²) < 4.78 is 7.35. The Morgan fingerprint density at radius 2 is 2.21 bits per heavy atom. The Bertz CT molecular complexity index is 443. The van der Waals surface area contributed by atoms with E-state index in [1.54, 1.807) is 7.11 Å². The van der Waals surface area contributed by atoms with Gasteiger partial charge in [0.2, 0.25) is 0 Å². The highest BCUT2D eigenvalue weighted by molar-refractivity contribution is 9.11. The normalized spacial score (nSPS) is 22.7. The summed E-state index contributed by atoms with van der Waals surface area (Å²) in [6, 6.07) is 4.01. The van der Waals surface area contributed by atoms with Gasteiger partial charge in [0, 0.05) is 42.1 Å². The fourth-order valence-electron chi connectivity index (χ4n) is 2.29. The number of hydrogen-bond acceptors (Lipinski definition) is 4. The molecule has 0 amide bonds. The number of nitrogens with one attached hydrogen (secondary N) is 2. The molecule has 1 aromatic rings. The third kappa shape index (κ3) is 3.92. The molecule has 1 aromatic carbocycles. The van der Waals surface area contributed by atoms with Gasteiger partial charge in [-0.15, -0.1) is 0 Å². The number of rotatable bonds is 5. The number of benzene rings is 1. The van der Waals surface area contributed by atoms with E-state index in [1.165, 1.54) is 0 Å². The molecule has 1 heterocycles. The Labute approximate surface area is 130 Å². The van der Waals surface area contributed by atoms with E-state index >= 15 is 0 Å². The topological polar surface area (TPSA) is 53.5 Å². The maximum Gasteiger partial charge on any atom is 0.137 e. The Morgan fingerprint density at radius 3 is 2.84 bits per heavy atom. The highest BCUT2D eigenvalue weighted by Crippen LogP contribution is 2.32. The van der Waals surface area contributed by atoms with Crippen molar-refractivity contribution in [2.75, 3.05) is 26.7 Å². The van der Waals surface area contributed by atoms with Gasteiger partial charge in [-0.05, 0) is 28.1 Å². The number of halogens is 2. The predicted octanol–water partition coefficient (Wildman–Crippen LogP) is 1.89. The molecule has 1 fully saturated rings. The van der Waals surface area contributed by atoms with Gasteiger partial charge in [0.1, 0.15) is 5.75 Å². The van der Waals surface area contributed by atoms with Crippen LogP contribution in [0.3, 0.4) is 0 Å². The lowest BCUT2D eigenvalue weighted by Crippen LogP contribution is -2.30. The number of ether oxygens (including phenoxy) is 1. The number of aliphatic hydroxyl groups is 1. The van der Waals surface area contributed by atoms with E-state index in [1.807, 2.05) is 12.1 Å². The molecule has 0 saturated carbocycles. The van der Waals surface area contributed by atoms with Crippen LogP contribution in [0.4, 0.5) is 0 Å². The van der Waals surface area contributed by atoms with Crippen LogP contribution in [0, 0.1) is 5.92 Å². The third-order valence-electron chi connectivity index (χ3n) is 3.32. The van der Waals surface area contributed by atoms with Gasteiger partial charge < -0.3 is 20.5 Å². The first-order valence-corrected chi connectivity index (χ1v) is 7.82.